The molecule has 0 radical (unpaired) electrons. The first kappa shape index (κ1) is 13.6. The van der Waals surface area contributed by atoms with E-state index in [9.17, 15) is 4.79 Å². The molecule has 3 heterocycles. The van der Waals surface area contributed by atoms with Gasteiger partial charge in [0.2, 0.25) is 0 Å². The Labute approximate surface area is 138 Å². The van der Waals surface area contributed by atoms with E-state index in [0.29, 0.717) is 11.0 Å². The number of hydrogen-bond acceptors (Lipinski definition) is 2. The summed E-state index contributed by atoms with van der Waals surface area (Å²) in [6, 6.07) is 13.8. The van der Waals surface area contributed by atoms with Crippen molar-refractivity contribution in [2.24, 2.45) is 0 Å². The molecule has 0 unspecified atom stereocenters. The van der Waals surface area contributed by atoms with Gasteiger partial charge in [-0.25, -0.2) is 4.79 Å². The third-order valence-electron chi connectivity index (χ3n) is 5.00. The molecule has 0 N–H and O–H groups in total. The third kappa shape index (κ3) is 1.81. The molecular weight excluding hydrogens is 298 g/mol. The van der Waals surface area contributed by atoms with E-state index in [0.717, 1.165) is 34.8 Å². The van der Waals surface area contributed by atoms with E-state index in [-0.39, 0.29) is 5.63 Å². The fourth-order valence-electron chi connectivity index (χ4n) is 3.96. The van der Waals surface area contributed by atoms with E-state index < -0.39 is 0 Å². The highest BCUT2D eigenvalue weighted by Gasteiger charge is 2.21. The minimum atomic E-state index is -0.255. The molecule has 0 saturated heterocycles. The van der Waals surface area contributed by atoms with Gasteiger partial charge in [0, 0.05) is 17.0 Å². The summed E-state index contributed by atoms with van der Waals surface area (Å²) in [7, 11) is 0. The van der Waals surface area contributed by atoms with Crippen molar-refractivity contribution in [2.75, 3.05) is 0 Å². The maximum absolute atomic E-state index is 12.7. The summed E-state index contributed by atoms with van der Waals surface area (Å²) in [5.41, 5.74) is 3.82. The maximum atomic E-state index is 12.7. The Morgan fingerprint density at radius 1 is 0.958 bits per heavy atom. The molecule has 118 valence electrons. The fraction of sp³-hybridized carbons (Fsp3) is 0.190. The number of fused-ring (bicyclic) bond motifs is 5. The molecule has 3 heteroatoms. The molecule has 0 amide bonds. The molecule has 4 aromatic rings. The first-order valence-electron chi connectivity index (χ1n) is 8.48. The standard InChI is InChI=1S/C21H17NO2/c23-21-19-16-11-6-7-13-22(16)20(14-8-2-1-3-9-14)18(19)15-10-4-5-12-17(15)24-21/h4-8,10-13H,1-3,9H2. The van der Waals surface area contributed by atoms with Crippen LogP contribution in [0.5, 0.6) is 0 Å². The predicted molar refractivity (Wildman–Crippen MR) is 97.4 cm³/mol. The number of benzene rings is 1. The molecule has 1 aromatic carbocycles. The predicted octanol–water partition coefficient (Wildman–Crippen LogP) is 5.16. The van der Waals surface area contributed by atoms with Crippen LogP contribution in [0.25, 0.3) is 32.8 Å². The minimum Gasteiger partial charge on any atom is -0.422 e. The highest BCUT2D eigenvalue weighted by molar-refractivity contribution is 6.15. The van der Waals surface area contributed by atoms with Crippen molar-refractivity contribution < 1.29 is 4.42 Å². The first-order valence-corrected chi connectivity index (χ1v) is 8.48. The van der Waals surface area contributed by atoms with Crippen LogP contribution < -0.4 is 5.63 Å². The summed E-state index contributed by atoms with van der Waals surface area (Å²) in [6.45, 7) is 0. The summed E-state index contributed by atoms with van der Waals surface area (Å²) in [6.07, 6.45) is 9.00. The largest absolute Gasteiger partial charge is 0.422 e. The van der Waals surface area contributed by atoms with Crippen LogP contribution in [-0.4, -0.2) is 4.40 Å². The Balaban J connectivity index is 2.08. The van der Waals surface area contributed by atoms with E-state index in [1.807, 2.05) is 48.7 Å². The summed E-state index contributed by atoms with van der Waals surface area (Å²) < 4.78 is 7.75. The highest BCUT2D eigenvalue weighted by Crippen LogP contribution is 2.37. The van der Waals surface area contributed by atoms with E-state index in [1.165, 1.54) is 18.4 Å². The Hall–Kier alpha value is -2.81. The minimum absolute atomic E-state index is 0.255. The normalized spacial score (nSPS) is 15.2. The number of pyridine rings is 1. The number of para-hydroxylation sites is 1. The summed E-state index contributed by atoms with van der Waals surface area (Å²) in [5, 5.41) is 2.73. The lowest BCUT2D eigenvalue weighted by Gasteiger charge is -2.14. The average molecular weight is 315 g/mol. The van der Waals surface area contributed by atoms with E-state index >= 15 is 0 Å². The van der Waals surface area contributed by atoms with Crippen molar-refractivity contribution in [1.29, 1.82) is 0 Å². The molecule has 0 saturated carbocycles. The molecule has 24 heavy (non-hydrogen) atoms. The molecular formula is C21H17NO2. The number of allylic oxidation sites excluding steroid dienone is 2. The van der Waals surface area contributed by atoms with Crippen molar-refractivity contribution in [3.05, 3.63) is 70.9 Å². The molecule has 5 rings (SSSR count). The summed E-state index contributed by atoms with van der Waals surface area (Å²) in [4.78, 5) is 12.7. The van der Waals surface area contributed by atoms with Crippen molar-refractivity contribution in [1.82, 2.24) is 4.40 Å². The highest BCUT2D eigenvalue weighted by atomic mass is 16.4. The van der Waals surface area contributed by atoms with Crippen molar-refractivity contribution in [3.8, 4) is 0 Å². The molecule has 0 fully saturated rings. The van der Waals surface area contributed by atoms with Gasteiger partial charge in [-0.1, -0.05) is 30.3 Å². The quantitative estimate of drug-likeness (QED) is 0.455. The summed E-state index contributed by atoms with van der Waals surface area (Å²) in [5.74, 6) is 0. The van der Waals surface area contributed by atoms with Gasteiger partial charge in [-0.2, -0.15) is 0 Å². The van der Waals surface area contributed by atoms with Gasteiger partial charge >= 0.3 is 5.63 Å². The number of nitrogens with zero attached hydrogens (tertiary/aromatic N) is 1. The van der Waals surface area contributed by atoms with Gasteiger partial charge < -0.3 is 8.82 Å². The molecule has 0 bridgehead atoms. The van der Waals surface area contributed by atoms with Crippen molar-refractivity contribution in [3.63, 3.8) is 0 Å². The Bertz CT molecular complexity index is 1180. The molecule has 1 aliphatic rings. The smallest absolute Gasteiger partial charge is 0.346 e. The van der Waals surface area contributed by atoms with Crippen LogP contribution in [0.15, 0.2) is 63.9 Å². The van der Waals surface area contributed by atoms with Crippen LogP contribution in [0.1, 0.15) is 31.4 Å². The molecule has 1 aliphatic carbocycles. The number of aromatic nitrogens is 1. The van der Waals surface area contributed by atoms with Gasteiger partial charge in [0.1, 0.15) is 5.58 Å². The van der Waals surface area contributed by atoms with Gasteiger partial charge in [-0.05, 0) is 49.5 Å². The zero-order valence-corrected chi connectivity index (χ0v) is 13.3. The van der Waals surface area contributed by atoms with E-state index in [2.05, 4.69) is 10.5 Å². The molecule has 0 aliphatic heterocycles. The van der Waals surface area contributed by atoms with Crippen LogP contribution in [0.4, 0.5) is 0 Å². The number of hydrogen-bond donors (Lipinski definition) is 0. The SMILES string of the molecule is O=c1oc2ccccc2c2c(C3=CCCCC3)n3ccccc3c12. The van der Waals surface area contributed by atoms with E-state index in [1.54, 1.807) is 0 Å². The van der Waals surface area contributed by atoms with Crippen LogP contribution in [-0.2, 0) is 0 Å². The Kier molecular flexibility index (Phi) is 2.89. The molecule has 0 atom stereocenters. The number of rotatable bonds is 1. The van der Waals surface area contributed by atoms with Crippen molar-refractivity contribution >= 4 is 32.8 Å². The van der Waals surface area contributed by atoms with Gasteiger partial charge in [-0.15, -0.1) is 0 Å². The van der Waals surface area contributed by atoms with Crippen LogP contribution >= 0.6 is 0 Å². The van der Waals surface area contributed by atoms with Gasteiger partial charge in [-0.3, -0.25) is 0 Å². The van der Waals surface area contributed by atoms with Gasteiger partial charge in [0.25, 0.3) is 0 Å². The Morgan fingerprint density at radius 2 is 1.83 bits per heavy atom. The lowest BCUT2D eigenvalue weighted by Crippen LogP contribution is -1.99. The third-order valence-corrected chi connectivity index (χ3v) is 5.00. The molecule has 0 spiro atoms. The zero-order valence-electron chi connectivity index (χ0n) is 13.3. The van der Waals surface area contributed by atoms with Crippen LogP contribution in [0.2, 0.25) is 0 Å². The van der Waals surface area contributed by atoms with Crippen LogP contribution in [0.3, 0.4) is 0 Å². The molecule has 3 nitrogen and oxygen atoms in total. The second-order valence-electron chi connectivity index (χ2n) is 6.42. The molecule has 3 aromatic heterocycles. The maximum Gasteiger partial charge on any atom is 0.346 e. The fourth-order valence-corrected chi connectivity index (χ4v) is 3.96. The lowest BCUT2D eigenvalue weighted by atomic mass is 9.94. The second-order valence-corrected chi connectivity index (χ2v) is 6.42. The zero-order chi connectivity index (χ0) is 16.1. The average Bonchev–Trinajstić information content (AvgIpc) is 2.98. The van der Waals surface area contributed by atoms with E-state index in [4.69, 9.17) is 4.42 Å². The van der Waals surface area contributed by atoms with Crippen molar-refractivity contribution in [2.45, 2.75) is 25.7 Å². The second kappa shape index (κ2) is 5.10. The Morgan fingerprint density at radius 3 is 2.71 bits per heavy atom. The van der Waals surface area contributed by atoms with Gasteiger partial charge in [0.15, 0.2) is 0 Å². The van der Waals surface area contributed by atoms with Crippen LogP contribution in [0, 0.1) is 0 Å². The monoisotopic (exact) mass is 315 g/mol. The lowest BCUT2D eigenvalue weighted by molar-refractivity contribution is 0.570. The topological polar surface area (TPSA) is 34.6 Å². The summed E-state index contributed by atoms with van der Waals surface area (Å²) >= 11 is 0. The van der Waals surface area contributed by atoms with Gasteiger partial charge in [0.05, 0.1) is 16.6 Å². The first-order chi connectivity index (χ1) is 11.8.